The molecule has 0 bridgehead atoms. The van der Waals surface area contributed by atoms with Gasteiger partial charge in [0.25, 0.3) is 5.91 Å². The van der Waals surface area contributed by atoms with Crippen molar-refractivity contribution in [1.29, 1.82) is 0 Å². The van der Waals surface area contributed by atoms with Crippen LogP contribution in [0.2, 0.25) is 0 Å². The molecule has 1 amide bonds. The highest BCUT2D eigenvalue weighted by Gasteiger charge is 2.34. The molecule has 0 heterocycles. The van der Waals surface area contributed by atoms with E-state index in [1.165, 1.54) is 25.3 Å². The van der Waals surface area contributed by atoms with Crippen molar-refractivity contribution in [2.24, 2.45) is 0 Å². The zero-order chi connectivity index (χ0) is 18.4. The van der Waals surface area contributed by atoms with E-state index in [9.17, 15) is 23.1 Å². The third kappa shape index (κ3) is 4.80. The number of halogens is 3. The highest BCUT2D eigenvalue weighted by Crippen LogP contribution is 2.34. The lowest BCUT2D eigenvalue weighted by atomic mass is 10.0. The van der Waals surface area contributed by atoms with Crippen LogP contribution >= 0.6 is 0 Å². The monoisotopic (exact) mass is 353 g/mol. The Bertz CT molecular complexity index is 732. The van der Waals surface area contributed by atoms with Crippen molar-refractivity contribution in [1.82, 2.24) is 5.32 Å². The maximum Gasteiger partial charge on any atom is 0.416 e. The summed E-state index contributed by atoms with van der Waals surface area (Å²) in [4.78, 5) is 12.3. The molecule has 2 aromatic rings. The fourth-order valence-corrected chi connectivity index (χ4v) is 2.46. The third-order valence-electron chi connectivity index (χ3n) is 3.64. The van der Waals surface area contributed by atoms with Gasteiger partial charge < -0.3 is 15.2 Å². The van der Waals surface area contributed by atoms with Crippen molar-refractivity contribution in [2.45, 2.75) is 18.9 Å². The van der Waals surface area contributed by atoms with Crippen LogP contribution in [0.1, 0.15) is 33.2 Å². The molecule has 1 atom stereocenters. The van der Waals surface area contributed by atoms with Gasteiger partial charge in [0.2, 0.25) is 0 Å². The lowest BCUT2D eigenvalue weighted by molar-refractivity contribution is -0.139. The third-order valence-corrected chi connectivity index (χ3v) is 3.64. The van der Waals surface area contributed by atoms with Crippen LogP contribution in [0.25, 0.3) is 0 Å². The van der Waals surface area contributed by atoms with E-state index in [4.69, 9.17) is 4.74 Å². The van der Waals surface area contributed by atoms with E-state index in [1.807, 2.05) is 0 Å². The molecule has 0 aliphatic rings. The van der Waals surface area contributed by atoms with Crippen LogP contribution < -0.4 is 5.32 Å². The molecule has 0 aliphatic heterocycles. The Kier molecular flexibility index (Phi) is 6.17. The molecule has 2 N–H and O–H groups in total. The molecular weight excluding hydrogens is 335 g/mol. The van der Waals surface area contributed by atoms with Gasteiger partial charge in [0.15, 0.2) is 0 Å². The molecule has 4 nitrogen and oxygen atoms in total. The van der Waals surface area contributed by atoms with Gasteiger partial charge in [-0.05, 0) is 23.3 Å². The summed E-state index contributed by atoms with van der Waals surface area (Å²) >= 11 is 0. The van der Waals surface area contributed by atoms with Crippen LogP contribution in [-0.2, 0) is 17.5 Å². The highest BCUT2D eigenvalue weighted by atomic mass is 19.4. The Morgan fingerprint density at radius 3 is 2.48 bits per heavy atom. The smallest absolute Gasteiger partial charge is 0.387 e. The van der Waals surface area contributed by atoms with Crippen molar-refractivity contribution in [2.75, 3.05) is 13.7 Å². The van der Waals surface area contributed by atoms with Crippen LogP contribution in [0.15, 0.2) is 48.5 Å². The Labute approximate surface area is 143 Å². The van der Waals surface area contributed by atoms with Crippen LogP contribution in [0.4, 0.5) is 13.2 Å². The zero-order valence-corrected chi connectivity index (χ0v) is 13.5. The molecule has 0 aliphatic carbocycles. The van der Waals surface area contributed by atoms with E-state index in [0.717, 1.165) is 6.07 Å². The quantitative estimate of drug-likeness (QED) is 0.838. The van der Waals surface area contributed by atoms with Crippen LogP contribution in [0, 0.1) is 0 Å². The van der Waals surface area contributed by atoms with Crippen LogP contribution in [0.3, 0.4) is 0 Å². The number of methoxy groups -OCH3 is 1. The summed E-state index contributed by atoms with van der Waals surface area (Å²) in [5, 5.41) is 12.6. The lowest BCUT2D eigenvalue weighted by Crippen LogP contribution is -2.30. The Morgan fingerprint density at radius 2 is 1.80 bits per heavy atom. The summed E-state index contributed by atoms with van der Waals surface area (Å²) in [5.41, 5.74) is -0.203. The minimum Gasteiger partial charge on any atom is -0.387 e. The number of benzene rings is 2. The molecule has 0 saturated carbocycles. The van der Waals surface area contributed by atoms with Crippen molar-refractivity contribution >= 4 is 5.91 Å². The Morgan fingerprint density at radius 1 is 1.16 bits per heavy atom. The number of aliphatic hydroxyl groups is 1. The minimum absolute atomic E-state index is 0.225. The summed E-state index contributed by atoms with van der Waals surface area (Å²) in [6.07, 6.45) is -6.05. The van der Waals surface area contributed by atoms with Crippen molar-refractivity contribution in [3.8, 4) is 0 Å². The van der Waals surface area contributed by atoms with Gasteiger partial charge in [0.1, 0.15) is 0 Å². The van der Waals surface area contributed by atoms with Gasteiger partial charge in [0.05, 0.1) is 18.3 Å². The first-order valence-electron chi connectivity index (χ1n) is 7.53. The van der Waals surface area contributed by atoms with E-state index in [0.29, 0.717) is 11.1 Å². The largest absolute Gasteiger partial charge is 0.416 e. The van der Waals surface area contributed by atoms with E-state index in [1.54, 1.807) is 24.3 Å². The molecule has 0 saturated heterocycles. The van der Waals surface area contributed by atoms with Crippen LogP contribution in [-0.4, -0.2) is 24.7 Å². The first kappa shape index (κ1) is 19.0. The average molecular weight is 353 g/mol. The molecule has 0 aromatic heterocycles. The second-order valence-corrected chi connectivity index (χ2v) is 5.40. The first-order valence-corrected chi connectivity index (χ1v) is 7.53. The second-order valence-electron chi connectivity index (χ2n) is 5.40. The topological polar surface area (TPSA) is 58.6 Å². The second kappa shape index (κ2) is 8.13. The fraction of sp³-hybridized carbons (Fsp3) is 0.278. The summed E-state index contributed by atoms with van der Waals surface area (Å²) in [6, 6.07) is 11.5. The van der Waals surface area contributed by atoms with Gasteiger partial charge >= 0.3 is 6.18 Å². The molecule has 0 spiro atoms. The molecule has 0 radical (unpaired) electrons. The first-order chi connectivity index (χ1) is 11.8. The van der Waals surface area contributed by atoms with Crippen molar-refractivity contribution in [3.05, 3.63) is 70.8 Å². The fourth-order valence-electron chi connectivity index (χ4n) is 2.46. The molecule has 2 aromatic carbocycles. The maximum atomic E-state index is 13.0. The van der Waals surface area contributed by atoms with Crippen molar-refractivity contribution < 1.29 is 27.8 Å². The summed E-state index contributed by atoms with van der Waals surface area (Å²) in [6.45, 7) is -0.115. The Hall–Kier alpha value is -2.38. The van der Waals surface area contributed by atoms with E-state index in [2.05, 4.69) is 5.32 Å². The molecule has 25 heavy (non-hydrogen) atoms. The van der Waals surface area contributed by atoms with E-state index >= 15 is 0 Å². The molecule has 2 rings (SSSR count). The number of nitrogens with one attached hydrogen (secondary N) is 1. The number of ether oxygens (including phenoxy) is 1. The Balaban J connectivity index is 2.11. The van der Waals surface area contributed by atoms with E-state index in [-0.39, 0.29) is 18.7 Å². The van der Waals surface area contributed by atoms with Gasteiger partial charge in [-0.2, -0.15) is 13.2 Å². The number of carbonyl (C=O) groups excluding carboxylic acids is 1. The lowest BCUT2D eigenvalue weighted by Gasteiger charge is -2.18. The number of amides is 1. The number of rotatable bonds is 6. The van der Waals surface area contributed by atoms with Gasteiger partial charge in [-0.25, -0.2) is 0 Å². The van der Waals surface area contributed by atoms with Crippen molar-refractivity contribution in [3.63, 3.8) is 0 Å². The molecule has 0 fully saturated rings. The average Bonchev–Trinajstić information content (AvgIpc) is 2.59. The summed E-state index contributed by atoms with van der Waals surface area (Å²) in [7, 11) is 1.49. The van der Waals surface area contributed by atoms with Gasteiger partial charge in [-0.15, -0.1) is 0 Å². The SMILES string of the molecule is COCc1ccccc1C(=O)NCC(O)c1ccccc1C(F)(F)F. The number of hydrogen-bond donors (Lipinski definition) is 2. The number of carbonyl (C=O) groups is 1. The highest BCUT2D eigenvalue weighted by molar-refractivity contribution is 5.95. The molecular formula is C18H18F3NO3. The van der Waals surface area contributed by atoms with E-state index < -0.39 is 23.8 Å². The summed E-state index contributed by atoms with van der Waals surface area (Å²) in [5.74, 6) is -0.490. The number of alkyl halides is 3. The number of aliphatic hydroxyl groups excluding tert-OH is 1. The standard InChI is InChI=1S/C18H18F3NO3/c1-25-11-12-6-2-3-7-13(12)17(24)22-10-16(23)14-8-4-5-9-15(14)18(19,20)21/h2-9,16,23H,10-11H2,1H3,(H,22,24). The predicted octanol–water partition coefficient (Wildman–Crippen LogP) is 3.32. The molecule has 134 valence electrons. The molecule has 7 heteroatoms. The molecule has 1 unspecified atom stereocenters. The van der Waals surface area contributed by atoms with Gasteiger partial charge in [0, 0.05) is 19.2 Å². The zero-order valence-electron chi connectivity index (χ0n) is 13.5. The maximum absolute atomic E-state index is 13.0. The van der Waals surface area contributed by atoms with Crippen LogP contribution in [0.5, 0.6) is 0 Å². The number of hydrogen-bond acceptors (Lipinski definition) is 3. The normalized spacial score (nSPS) is 12.7. The summed E-state index contributed by atoms with van der Waals surface area (Å²) < 4.78 is 44.0. The minimum atomic E-state index is -4.58. The predicted molar refractivity (Wildman–Crippen MR) is 85.9 cm³/mol. The van der Waals surface area contributed by atoms with Gasteiger partial charge in [-0.1, -0.05) is 36.4 Å². The van der Waals surface area contributed by atoms with Gasteiger partial charge in [-0.3, -0.25) is 4.79 Å².